The molecule has 0 amide bonds. The van der Waals surface area contributed by atoms with Gasteiger partial charge in [0.25, 0.3) is 0 Å². The summed E-state index contributed by atoms with van der Waals surface area (Å²) in [6.07, 6.45) is 0. The van der Waals surface area contributed by atoms with E-state index in [0.717, 1.165) is 5.75 Å². The van der Waals surface area contributed by atoms with E-state index in [1.165, 1.54) is 5.56 Å². The molecule has 0 heterocycles. The van der Waals surface area contributed by atoms with Crippen molar-refractivity contribution in [2.75, 3.05) is 20.3 Å². The van der Waals surface area contributed by atoms with Gasteiger partial charge in [0.1, 0.15) is 12.4 Å². The van der Waals surface area contributed by atoms with Gasteiger partial charge in [-0.25, -0.2) is 0 Å². The van der Waals surface area contributed by atoms with E-state index in [0.29, 0.717) is 19.1 Å². The van der Waals surface area contributed by atoms with E-state index in [4.69, 9.17) is 15.2 Å². The maximum atomic E-state index is 5.78. The van der Waals surface area contributed by atoms with E-state index < -0.39 is 0 Å². The van der Waals surface area contributed by atoms with E-state index in [1.807, 2.05) is 12.1 Å². The van der Waals surface area contributed by atoms with Crippen LogP contribution >= 0.6 is 0 Å². The van der Waals surface area contributed by atoms with Crippen LogP contribution in [-0.4, -0.2) is 26.4 Å². The summed E-state index contributed by atoms with van der Waals surface area (Å²) in [4.78, 5) is 0. The number of ether oxygens (including phenoxy) is 2. The number of methoxy groups -OCH3 is 1. The summed E-state index contributed by atoms with van der Waals surface area (Å²) in [6, 6.07) is 8.04. The maximum absolute atomic E-state index is 5.78. The van der Waals surface area contributed by atoms with Crippen molar-refractivity contribution >= 4 is 0 Å². The highest BCUT2D eigenvalue weighted by Crippen LogP contribution is 2.20. The maximum Gasteiger partial charge on any atom is 0.119 e. The van der Waals surface area contributed by atoms with Gasteiger partial charge in [-0.05, 0) is 23.6 Å². The van der Waals surface area contributed by atoms with E-state index in [2.05, 4.69) is 26.0 Å². The van der Waals surface area contributed by atoms with Gasteiger partial charge in [-0.3, -0.25) is 0 Å². The number of rotatable bonds is 6. The summed E-state index contributed by atoms with van der Waals surface area (Å²) >= 11 is 0. The predicted molar refractivity (Wildman–Crippen MR) is 65.9 cm³/mol. The Kier molecular flexibility index (Phi) is 5.29. The third kappa shape index (κ3) is 4.21. The first kappa shape index (κ1) is 13.0. The van der Waals surface area contributed by atoms with Gasteiger partial charge in [0.15, 0.2) is 0 Å². The van der Waals surface area contributed by atoms with Crippen molar-refractivity contribution in [1.82, 2.24) is 0 Å². The third-order valence-electron chi connectivity index (χ3n) is 2.37. The van der Waals surface area contributed by atoms with Gasteiger partial charge < -0.3 is 15.2 Å². The van der Waals surface area contributed by atoms with Gasteiger partial charge in [-0.1, -0.05) is 26.0 Å². The van der Waals surface area contributed by atoms with Crippen molar-refractivity contribution in [3.05, 3.63) is 29.8 Å². The number of hydrogen-bond donors (Lipinski definition) is 1. The van der Waals surface area contributed by atoms with Crippen LogP contribution in [0.3, 0.4) is 0 Å². The molecule has 0 radical (unpaired) electrons. The lowest BCUT2D eigenvalue weighted by atomic mass is 10.0. The molecule has 2 N–H and O–H groups in total. The predicted octanol–water partition coefficient (Wildman–Crippen LogP) is 2.16. The fourth-order valence-electron chi connectivity index (χ4n) is 1.43. The molecule has 0 fully saturated rings. The topological polar surface area (TPSA) is 44.5 Å². The molecule has 0 aliphatic rings. The lowest BCUT2D eigenvalue weighted by Gasteiger charge is -2.13. The Hall–Kier alpha value is -1.06. The van der Waals surface area contributed by atoms with Crippen molar-refractivity contribution in [1.29, 1.82) is 0 Å². The SMILES string of the molecule is COCC(N)COc1cccc(C(C)C)c1. The van der Waals surface area contributed by atoms with E-state index in [9.17, 15) is 0 Å². The molecule has 1 aromatic carbocycles. The fraction of sp³-hybridized carbons (Fsp3) is 0.538. The molecule has 1 unspecified atom stereocenters. The normalized spacial score (nSPS) is 12.8. The van der Waals surface area contributed by atoms with E-state index in [1.54, 1.807) is 7.11 Å². The molecule has 0 spiro atoms. The molecule has 1 aromatic rings. The Morgan fingerprint density at radius 1 is 1.25 bits per heavy atom. The Morgan fingerprint density at radius 3 is 2.62 bits per heavy atom. The summed E-state index contributed by atoms with van der Waals surface area (Å²) in [5.41, 5.74) is 7.06. The van der Waals surface area contributed by atoms with Crippen LogP contribution in [0.1, 0.15) is 25.3 Å². The van der Waals surface area contributed by atoms with Gasteiger partial charge in [0.2, 0.25) is 0 Å². The highest BCUT2D eigenvalue weighted by atomic mass is 16.5. The first-order valence-electron chi connectivity index (χ1n) is 5.60. The second-order valence-electron chi connectivity index (χ2n) is 4.25. The van der Waals surface area contributed by atoms with Crippen LogP contribution in [0.2, 0.25) is 0 Å². The van der Waals surface area contributed by atoms with E-state index >= 15 is 0 Å². The van der Waals surface area contributed by atoms with Crippen molar-refractivity contribution in [2.24, 2.45) is 5.73 Å². The average molecular weight is 223 g/mol. The largest absolute Gasteiger partial charge is 0.492 e. The average Bonchev–Trinajstić information content (AvgIpc) is 2.27. The fourth-order valence-corrected chi connectivity index (χ4v) is 1.43. The zero-order valence-corrected chi connectivity index (χ0v) is 10.3. The van der Waals surface area contributed by atoms with Gasteiger partial charge >= 0.3 is 0 Å². The molecule has 0 saturated carbocycles. The summed E-state index contributed by atoms with van der Waals surface area (Å²) in [7, 11) is 1.64. The van der Waals surface area contributed by atoms with Crippen LogP contribution in [0.4, 0.5) is 0 Å². The minimum absolute atomic E-state index is 0.0762. The van der Waals surface area contributed by atoms with E-state index in [-0.39, 0.29) is 6.04 Å². The molecule has 1 rings (SSSR count). The Labute approximate surface area is 97.6 Å². The molecular weight excluding hydrogens is 202 g/mol. The zero-order valence-electron chi connectivity index (χ0n) is 10.3. The molecular formula is C13H21NO2. The minimum Gasteiger partial charge on any atom is -0.492 e. The Morgan fingerprint density at radius 2 is 2.00 bits per heavy atom. The number of hydrogen-bond acceptors (Lipinski definition) is 3. The van der Waals surface area contributed by atoms with Gasteiger partial charge in [0.05, 0.1) is 12.6 Å². The molecule has 0 saturated heterocycles. The molecule has 0 aromatic heterocycles. The van der Waals surface area contributed by atoms with Crippen LogP contribution in [0.15, 0.2) is 24.3 Å². The minimum atomic E-state index is -0.0762. The summed E-state index contributed by atoms with van der Waals surface area (Å²) in [5.74, 6) is 1.38. The van der Waals surface area contributed by atoms with Crippen LogP contribution in [0.25, 0.3) is 0 Å². The molecule has 3 nitrogen and oxygen atoms in total. The monoisotopic (exact) mass is 223 g/mol. The summed E-state index contributed by atoms with van der Waals surface area (Å²) in [6.45, 7) is 5.32. The second-order valence-corrected chi connectivity index (χ2v) is 4.25. The number of benzene rings is 1. The summed E-state index contributed by atoms with van der Waals surface area (Å²) < 4.78 is 10.6. The van der Waals surface area contributed by atoms with Crippen molar-refractivity contribution in [3.63, 3.8) is 0 Å². The van der Waals surface area contributed by atoms with Crippen LogP contribution in [0.5, 0.6) is 5.75 Å². The van der Waals surface area contributed by atoms with Crippen LogP contribution < -0.4 is 10.5 Å². The quantitative estimate of drug-likeness (QED) is 0.803. The molecule has 0 aliphatic carbocycles. The van der Waals surface area contributed by atoms with Crippen LogP contribution in [0, 0.1) is 0 Å². The Bertz CT molecular complexity index is 313. The molecule has 0 bridgehead atoms. The third-order valence-corrected chi connectivity index (χ3v) is 2.37. The first-order valence-corrected chi connectivity index (χ1v) is 5.60. The van der Waals surface area contributed by atoms with Crippen molar-refractivity contribution in [2.45, 2.75) is 25.8 Å². The van der Waals surface area contributed by atoms with Crippen LogP contribution in [-0.2, 0) is 4.74 Å². The van der Waals surface area contributed by atoms with Gasteiger partial charge in [-0.2, -0.15) is 0 Å². The van der Waals surface area contributed by atoms with Crippen molar-refractivity contribution < 1.29 is 9.47 Å². The van der Waals surface area contributed by atoms with Gasteiger partial charge in [0, 0.05) is 7.11 Å². The number of nitrogens with two attached hydrogens (primary N) is 1. The molecule has 1 atom stereocenters. The second kappa shape index (κ2) is 6.51. The first-order chi connectivity index (χ1) is 7.63. The lowest BCUT2D eigenvalue weighted by molar-refractivity contribution is 0.152. The van der Waals surface area contributed by atoms with Gasteiger partial charge in [-0.15, -0.1) is 0 Å². The molecule has 90 valence electrons. The molecule has 16 heavy (non-hydrogen) atoms. The Balaban J connectivity index is 2.50. The highest BCUT2D eigenvalue weighted by molar-refractivity contribution is 5.30. The lowest BCUT2D eigenvalue weighted by Crippen LogP contribution is -2.32. The zero-order chi connectivity index (χ0) is 12.0. The highest BCUT2D eigenvalue weighted by Gasteiger charge is 2.04. The van der Waals surface area contributed by atoms with Crippen molar-refractivity contribution in [3.8, 4) is 5.75 Å². The summed E-state index contributed by atoms with van der Waals surface area (Å²) in [5, 5.41) is 0. The smallest absolute Gasteiger partial charge is 0.119 e. The standard InChI is InChI=1S/C13H21NO2/c1-10(2)11-5-4-6-13(7-11)16-9-12(14)8-15-3/h4-7,10,12H,8-9,14H2,1-3H3. The molecule has 0 aliphatic heterocycles. The molecule has 3 heteroatoms.